The zero-order valence-corrected chi connectivity index (χ0v) is 15.8. The summed E-state index contributed by atoms with van der Waals surface area (Å²) < 4.78 is 5.54. The molecule has 1 aliphatic heterocycles. The van der Waals surface area contributed by atoms with Crippen LogP contribution in [0.25, 0.3) is 5.57 Å². The lowest BCUT2D eigenvalue weighted by atomic mass is 9.84. The second-order valence-electron chi connectivity index (χ2n) is 7.04. The van der Waals surface area contributed by atoms with Crippen molar-refractivity contribution in [2.45, 2.75) is 41.5 Å². The van der Waals surface area contributed by atoms with Crippen molar-refractivity contribution < 1.29 is 9.53 Å². The average Bonchev–Trinajstić information content (AvgIpc) is 2.89. The SMILES string of the molecule is Cc1cc(C)c(C(=C2C=CC(=O)O2)c2c(C)cc(C)cc2C)c(C)c1. The van der Waals surface area contributed by atoms with Crippen molar-refractivity contribution in [3.05, 3.63) is 86.7 Å². The number of allylic oxidation sites excluding steroid dienone is 1. The third-order valence-corrected chi connectivity index (χ3v) is 4.68. The van der Waals surface area contributed by atoms with E-state index in [1.165, 1.54) is 39.5 Å². The Labute approximate surface area is 149 Å². The van der Waals surface area contributed by atoms with E-state index in [0.29, 0.717) is 5.76 Å². The Kier molecular flexibility index (Phi) is 4.38. The maximum atomic E-state index is 11.7. The van der Waals surface area contributed by atoms with Gasteiger partial charge in [-0.25, -0.2) is 4.79 Å². The molecule has 0 aliphatic carbocycles. The molecular formula is C23H24O2. The van der Waals surface area contributed by atoms with Crippen LogP contribution in [0, 0.1) is 41.5 Å². The van der Waals surface area contributed by atoms with E-state index >= 15 is 0 Å². The van der Waals surface area contributed by atoms with Gasteiger partial charge in [-0.1, -0.05) is 35.4 Å². The van der Waals surface area contributed by atoms with Crippen molar-refractivity contribution in [2.24, 2.45) is 0 Å². The van der Waals surface area contributed by atoms with Gasteiger partial charge >= 0.3 is 5.97 Å². The molecule has 0 unspecified atom stereocenters. The first-order valence-electron chi connectivity index (χ1n) is 8.58. The Hall–Kier alpha value is -2.61. The Morgan fingerprint density at radius 1 is 0.680 bits per heavy atom. The van der Waals surface area contributed by atoms with Crippen molar-refractivity contribution in [3.63, 3.8) is 0 Å². The van der Waals surface area contributed by atoms with Gasteiger partial charge in [0.15, 0.2) is 0 Å². The van der Waals surface area contributed by atoms with E-state index in [1.807, 2.05) is 0 Å². The van der Waals surface area contributed by atoms with Crippen LogP contribution in [-0.4, -0.2) is 5.97 Å². The summed E-state index contributed by atoms with van der Waals surface area (Å²) in [6.07, 6.45) is 3.28. The number of benzene rings is 2. The average molecular weight is 332 g/mol. The van der Waals surface area contributed by atoms with E-state index in [4.69, 9.17) is 4.74 Å². The molecular weight excluding hydrogens is 308 g/mol. The first-order chi connectivity index (χ1) is 11.8. The molecule has 0 spiro atoms. The Morgan fingerprint density at radius 2 is 1.08 bits per heavy atom. The molecule has 0 amide bonds. The molecule has 2 nitrogen and oxygen atoms in total. The minimum atomic E-state index is -0.308. The Balaban J connectivity index is 2.39. The normalized spacial score (nSPS) is 13.4. The molecule has 0 fully saturated rings. The third kappa shape index (κ3) is 3.17. The molecule has 2 aromatic carbocycles. The number of carbonyl (C=O) groups is 1. The van der Waals surface area contributed by atoms with Crippen LogP contribution in [0.15, 0.2) is 42.2 Å². The lowest BCUT2D eigenvalue weighted by Crippen LogP contribution is -2.05. The van der Waals surface area contributed by atoms with Gasteiger partial charge in [-0.15, -0.1) is 0 Å². The number of carbonyl (C=O) groups excluding carboxylic acids is 1. The summed E-state index contributed by atoms with van der Waals surface area (Å²) >= 11 is 0. The van der Waals surface area contributed by atoms with Crippen LogP contribution in [0.1, 0.15) is 44.5 Å². The summed E-state index contributed by atoms with van der Waals surface area (Å²) in [5.74, 6) is 0.326. The smallest absolute Gasteiger partial charge is 0.336 e. The molecule has 2 aromatic rings. The molecule has 0 radical (unpaired) electrons. The van der Waals surface area contributed by atoms with Gasteiger partial charge in [0.25, 0.3) is 0 Å². The number of hydrogen-bond acceptors (Lipinski definition) is 2. The van der Waals surface area contributed by atoms with Gasteiger partial charge in [-0.3, -0.25) is 0 Å². The van der Waals surface area contributed by atoms with Gasteiger partial charge in [0.1, 0.15) is 5.76 Å². The lowest BCUT2D eigenvalue weighted by Gasteiger charge is -2.21. The molecule has 128 valence electrons. The summed E-state index contributed by atoms with van der Waals surface area (Å²) in [6.45, 7) is 12.7. The molecule has 1 aliphatic rings. The number of rotatable bonds is 2. The quantitative estimate of drug-likeness (QED) is 0.687. The van der Waals surface area contributed by atoms with Crippen LogP contribution < -0.4 is 0 Å². The van der Waals surface area contributed by atoms with Gasteiger partial charge < -0.3 is 4.74 Å². The third-order valence-electron chi connectivity index (χ3n) is 4.68. The number of ether oxygens (including phenoxy) is 1. The van der Waals surface area contributed by atoms with Crippen LogP contribution in [0.5, 0.6) is 0 Å². The highest BCUT2D eigenvalue weighted by molar-refractivity contribution is 5.94. The summed E-state index contributed by atoms with van der Waals surface area (Å²) in [4.78, 5) is 11.7. The van der Waals surface area contributed by atoms with Gasteiger partial charge in [-0.05, 0) is 81.0 Å². The fraction of sp³-hybridized carbons (Fsp3) is 0.261. The van der Waals surface area contributed by atoms with Crippen LogP contribution >= 0.6 is 0 Å². The molecule has 1 heterocycles. The Morgan fingerprint density at radius 3 is 1.40 bits per heavy atom. The molecule has 0 saturated carbocycles. The Bertz CT molecular complexity index is 837. The predicted molar refractivity (Wildman–Crippen MR) is 103 cm³/mol. The zero-order valence-electron chi connectivity index (χ0n) is 15.8. The molecule has 3 rings (SSSR count). The molecule has 25 heavy (non-hydrogen) atoms. The summed E-state index contributed by atoms with van der Waals surface area (Å²) in [5, 5.41) is 0. The van der Waals surface area contributed by atoms with Gasteiger partial charge in [0.2, 0.25) is 0 Å². The lowest BCUT2D eigenvalue weighted by molar-refractivity contribution is -0.132. The molecule has 0 bridgehead atoms. The van der Waals surface area contributed by atoms with E-state index in [0.717, 1.165) is 16.7 Å². The van der Waals surface area contributed by atoms with Crippen molar-refractivity contribution in [1.29, 1.82) is 0 Å². The molecule has 0 N–H and O–H groups in total. The number of aryl methyl sites for hydroxylation is 6. The zero-order chi connectivity index (χ0) is 18.3. The van der Waals surface area contributed by atoms with Crippen LogP contribution in [0.2, 0.25) is 0 Å². The monoisotopic (exact) mass is 332 g/mol. The van der Waals surface area contributed by atoms with Crippen LogP contribution in [-0.2, 0) is 9.53 Å². The minimum Gasteiger partial charge on any atom is -0.423 e. The van der Waals surface area contributed by atoms with Crippen molar-refractivity contribution in [2.75, 3.05) is 0 Å². The summed E-state index contributed by atoms with van der Waals surface area (Å²) in [7, 11) is 0. The van der Waals surface area contributed by atoms with Gasteiger partial charge in [0, 0.05) is 11.6 Å². The number of hydrogen-bond donors (Lipinski definition) is 0. The molecule has 0 atom stereocenters. The van der Waals surface area contributed by atoms with Gasteiger partial charge in [0.05, 0.1) is 0 Å². The number of esters is 1. The topological polar surface area (TPSA) is 26.3 Å². The first-order valence-corrected chi connectivity index (χ1v) is 8.58. The molecule has 0 saturated heterocycles. The molecule has 2 heteroatoms. The summed E-state index contributed by atoms with van der Waals surface area (Å²) in [6, 6.07) is 8.73. The number of cyclic esters (lactones) is 1. The second kappa shape index (κ2) is 6.36. The maximum absolute atomic E-state index is 11.7. The predicted octanol–water partition coefficient (Wildman–Crippen LogP) is 5.41. The fourth-order valence-electron chi connectivity index (χ4n) is 3.97. The highest BCUT2D eigenvalue weighted by atomic mass is 16.5. The molecule has 0 aromatic heterocycles. The first kappa shape index (κ1) is 17.2. The largest absolute Gasteiger partial charge is 0.423 e. The van der Waals surface area contributed by atoms with Crippen molar-refractivity contribution >= 4 is 11.5 Å². The van der Waals surface area contributed by atoms with Crippen LogP contribution in [0.4, 0.5) is 0 Å². The maximum Gasteiger partial charge on any atom is 0.336 e. The van der Waals surface area contributed by atoms with E-state index < -0.39 is 0 Å². The van der Waals surface area contributed by atoms with E-state index in [2.05, 4.69) is 65.8 Å². The van der Waals surface area contributed by atoms with Crippen LogP contribution in [0.3, 0.4) is 0 Å². The van der Waals surface area contributed by atoms with Crippen molar-refractivity contribution in [1.82, 2.24) is 0 Å². The second-order valence-corrected chi connectivity index (χ2v) is 7.04. The van der Waals surface area contributed by atoms with E-state index in [1.54, 1.807) is 6.08 Å². The van der Waals surface area contributed by atoms with Gasteiger partial charge in [-0.2, -0.15) is 0 Å². The van der Waals surface area contributed by atoms with Crippen molar-refractivity contribution in [3.8, 4) is 0 Å². The summed E-state index contributed by atoms with van der Waals surface area (Å²) in [5.41, 5.74) is 10.5. The highest BCUT2D eigenvalue weighted by Crippen LogP contribution is 2.38. The van der Waals surface area contributed by atoms with E-state index in [9.17, 15) is 4.79 Å². The van der Waals surface area contributed by atoms with E-state index in [-0.39, 0.29) is 5.97 Å². The minimum absolute atomic E-state index is 0.308. The fourth-order valence-corrected chi connectivity index (χ4v) is 3.97. The highest BCUT2D eigenvalue weighted by Gasteiger charge is 2.23. The standard InChI is InChI=1S/C23H24O2/c1-13-9-15(3)21(16(4)10-13)23(19-7-8-20(24)25-19)22-17(5)11-14(2)12-18(22)6/h7-12H,1-6H3.